The van der Waals surface area contributed by atoms with Gasteiger partial charge in [0, 0.05) is 17.4 Å². The fourth-order valence-corrected chi connectivity index (χ4v) is 5.35. The quantitative estimate of drug-likeness (QED) is 0.173. The molecule has 0 radical (unpaired) electrons. The first kappa shape index (κ1) is 22.5. The second kappa shape index (κ2) is 8.79. The maximum atomic E-state index is 13.0. The van der Waals surface area contributed by atoms with Crippen LogP contribution in [0.2, 0.25) is 0 Å². The Morgan fingerprint density at radius 1 is 1.43 bits per heavy atom. The van der Waals surface area contributed by atoms with Crippen molar-refractivity contribution in [2.45, 2.75) is 18.0 Å². The Morgan fingerprint density at radius 2 is 2.26 bits per heavy atom. The van der Waals surface area contributed by atoms with Gasteiger partial charge >= 0.3 is 5.71 Å². The lowest BCUT2D eigenvalue weighted by atomic mass is 10.0. The molecule has 3 N–H and O–H groups in total. The number of carboxylic acids is 1. The number of hydrogen-bond donors (Lipinski definition) is 2. The lowest BCUT2D eigenvalue weighted by Crippen LogP contribution is -2.71. The van der Waals surface area contributed by atoms with Gasteiger partial charge < -0.3 is 34.6 Å². The van der Waals surface area contributed by atoms with Crippen molar-refractivity contribution in [1.82, 2.24) is 15.2 Å². The Kier molecular flexibility index (Phi) is 5.64. The van der Waals surface area contributed by atoms with Crippen molar-refractivity contribution in [1.29, 1.82) is 0 Å². The summed E-state index contributed by atoms with van der Waals surface area (Å²) in [5.74, 6) is -2.53. The maximum Gasteiger partial charge on any atom is 0.380 e. The number of furan rings is 1. The number of nitrogens with zero attached hydrogens (tertiary/aromatic N) is 4. The molecule has 1 fully saturated rings. The molecular formula is C21H18N6O7S. The van der Waals surface area contributed by atoms with Crippen molar-refractivity contribution in [3.05, 3.63) is 53.9 Å². The number of nitrogen functional groups attached to an aromatic ring is 1. The van der Waals surface area contributed by atoms with E-state index in [2.05, 4.69) is 15.5 Å². The van der Waals surface area contributed by atoms with Crippen LogP contribution in [0.3, 0.4) is 0 Å². The predicted octanol–water partition coefficient (Wildman–Crippen LogP) is -1.25. The van der Waals surface area contributed by atoms with Crippen LogP contribution >= 0.6 is 11.8 Å². The SMILES string of the molecule is CON=C(C(=O)NC1C(=O)N2C(C(=O)[O-])=C(C[n+]3cccc4ccoc43)CS[C@@H]12)c1coc(N)n1. The van der Waals surface area contributed by atoms with E-state index in [0.717, 1.165) is 16.5 Å². The summed E-state index contributed by atoms with van der Waals surface area (Å²) in [6.07, 6.45) is 4.43. The number of rotatable bonds is 7. The van der Waals surface area contributed by atoms with Crippen molar-refractivity contribution in [2.75, 3.05) is 18.6 Å². The Labute approximate surface area is 201 Å². The van der Waals surface area contributed by atoms with Crippen LogP contribution in [0.5, 0.6) is 0 Å². The minimum atomic E-state index is -1.48. The largest absolute Gasteiger partial charge is 0.543 e. The summed E-state index contributed by atoms with van der Waals surface area (Å²) in [5, 5.41) is 18.5. The molecule has 2 aliphatic heterocycles. The number of nitrogens with one attached hydrogen (secondary N) is 1. The summed E-state index contributed by atoms with van der Waals surface area (Å²) >= 11 is 1.32. The highest BCUT2D eigenvalue weighted by Crippen LogP contribution is 2.40. The van der Waals surface area contributed by atoms with E-state index in [1.807, 2.05) is 12.1 Å². The van der Waals surface area contributed by atoms with Crippen molar-refractivity contribution >= 4 is 52.4 Å². The molecule has 0 bridgehead atoms. The van der Waals surface area contributed by atoms with E-state index in [1.165, 1.54) is 18.9 Å². The second-order valence-electron chi connectivity index (χ2n) is 7.61. The zero-order valence-electron chi connectivity index (χ0n) is 18.2. The fraction of sp³-hybridized carbons (Fsp3) is 0.238. The van der Waals surface area contributed by atoms with Crippen LogP contribution in [0.25, 0.3) is 11.1 Å². The van der Waals surface area contributed by atoms with E-state index in [4.69, 9.17) is 19.4 Å². The normalized spacial score (nSPS) is 20.0. The minimum Gasteiger partial charge on any atom is -0.543 e. The van der Waals surface area contributed by atoms with Gasteiger partial charge in [0.2, 0.25) is 0 Å². The van der Waals surface area contributed by atoms with E-state index in [1.54, 1.807) is 23.1 Å². The number of aliphatic carboxylic acids is 1. The molecule has 3 aromatic rings. The van der Waals surface area contributed by atoms with Crippen LogP contribution in [-0.2, 0) is 25.8 Å². The average molecular weight is 498 g/mol. The molecule has 180 valence electrons. The number of amides is 2. The number of anilines is 1. The molecule has 0 aliphatic carbocycles. The fourth-order valence-electron chi connectivity index (χ4n) is 4.01. The van der Waals surface area contributed by atoms with Crippen molar-refractivity contribution in [2.24, 2.45) is 5.16 Å². The minimum absolute atomic E-state index is 0.0171. The first-order valence-corrected chi connectivity index (χ1v) is 11.3. The van der Waals surface area contributed by atoms with E-state index in [0.29, 0.717) is 17.0 Å². The molecule has 14 heteroatoms. The Bertz CT molecular complexity index is 1410. The van der Waals surface area contributed by atoms with Gasteiger partial charge in [0.15, 0.2) is 18.5 Å². The summed E-state index contributed by atoms with van der Waals surface area (Å²) < 4.78 is 12.2. The van der Waals surface area contributed by atoms with E-state index >= 15 is 0 Å². The molecule has 2 aliphatic rings. The number of carbonyl (C=O) groups excluding carboxylic acids is 3. The number of carboxylic acid groups (broad SMARTS) is 1. The number of pyridine rings is 1. The van der Waals surface area contributed by atoms with Gasteiger partial charge in [-0.3, -0.25) is 14.5 Å². The van der Waals surface area contributed by atoms with Gasteiger partial charge in [-0.25, -0.2) is 0 Å². The van der Waals surface area contributed by atoms with E-state index in [-0.39, 0.29) is 29.7 Å². The lowest BCUT2D eigenvalue weighted by molar-refractivity contribution is -0.669. The highest BCUT2D eigenvalue weighted by molar-refractivity contribution is 8.00. The number of oxime groups is 1. The smallest absolute Gasteiger partial charge is 0.380 e. The average Bonchev–Trinajstić information content (AvgIpc) is 3.49. The molecule has 0 saturated carbocycles. The second-order valence-corrected chi connectivity index (χ2v) is 8.72. The summed E-state index contributed by atoms with van der Waals surface area (Å²) in [6, 6.07) is 4.32. The summed E-state index contributed by atoms with van der Waals surface area (Å²) in [7, 11) is 1.24. The molecular weight excluding hydrogens is 480 g/mol. The van der Waals surface area contributed by atoms with Crippen molar-refractivity contribution < 1.29 is 37.7 Å². The van der Waals surface area contributed by atoms with Crippen molar-refractivity contribution in [3.63, 3.8) is 0 Å². The Hall–Kier alpha value is -4.33. The van der Waals surface area contributed by atoms with Crippen molar-refractivity contribution in [3.8, 4) is 0 Å². The highest BCUT2D eigenvalue weighted by Gasteiger charge is 2.53. The zero-order valence-corrected chi connectivity index (χ0v) is 19.0. The van der Waals surface area contributed by atoms with Crippen LogP contribution < -0.4 is 20.7 Å². The van der Waals surface area contributed by atoms with Gasteiger partial charge in [-0.15, -0.1) is 11.8 Å². The van der Waals surface area contributed by atoms with Crippen LogP contribution in [0.15, 0.2) is 62.2 Å². The number of fused-ring (bicyclic) bond motifs is 2. The van der Waals surface area contributed by atoms with Gasteiger partial charge in [-0.05, 0) is 12.1 Å². The molecule has 3 aromatic heterocycles. The highest BCUT2D eigenvalue weighted by atomic mass is 32.2. The van der Waals surface area contributed by atoms with Gasteiger partial charge in [0.25, 0.3) is 17.8 Å². The lowest BCUT2D eigenvalue weighted by Gasteiger charge is -2.50. The first-order valence-electron chi connectivity index (χ1n) is 10.3. The molecule has 13 nitrogen and oxygen atoms in total. The van der Waals surface area contributed by atoms with Crippen LogP contribution in [0.1, 0.15) is 5.69 Å². The maximum absolute atomic E-state index is 13.0. The molecule has 0 spiro atoms. The predicted molar refractivity (Wildman–Crippen MR) is 118 cm³/mol. The number of aromatic nitrogens is 2. The van der Waals surface area contributed by atoms with Gasteiger partial charge in [-0.2, -0.15) is 9.55 Å². The van der Waals surface area contributed by atoms with Gasteiger partial charge in [-0.1, -0.05) is 5.16 Å². The standard InChI is InChI=1S/C21H18N6O7S/c1-32-25-13(12-8-34-21(22)23-12)16(28)24-14-17(29)27-15(20(30)31)11(9-35-19(14)27)7-26-5-2-3-10-4-6-33-18(10)26/h2-6,8,14,19H,7,9H2,1H3,(H3-,22,23,24,28,30,31)/t14?,19-/m0/s1. The summed E-state index contributed by atoms with van der Waals surface area (Å²) in [5.41, 5.74) is 6.06. The number of thioether (sulfide) groups is 1. The molecule has 1 unspecified atom stereocenters. The third-order valence-corrected chi connectivity index (χ3v) is 6.87. The van der Waals surface area contributed by atoms with Gasteiger partial charge in [0.05, 0.1) is 23.3 Å². The molecule has 0 aromatic carbocycles. The zero-order chi connectivity index (χ0) is 24.7. The number of hydrogen-bond acceptors (Lipinski definition) is 11. The van der Waals surface area contributed by atoms with Gasteiger partial charge in [0.1, 0.15) is 30.5 Å². The number of oxazole rings is 1. The number of nitrogens with two attached hydrogens (primary N) is 1. The third-order valence-electron chi connectivity index (χ3n) is 5.53. The monoisotopic (exact) mass is 498 g/mol. The third kappa shape index (κ3) is 3.86. The molecule has 5 heterocycles. The van der Waals surface area contributed by atoms with Crippen LogP contribution in [0.4, 0.5) is 6.01 Å². The molecule has 2 atom stereocenters. The topological polar surface area (TPSA) is 180 Å². The summed E-state index contributed by atoms with van der Waals surface area (Å²) in [4.78, 5) is 47.5. The molecule has 2 amide bonds. The molecule has 35 heavy (non-hydrogen) atoms. The molecule has 1 saturated heterocycles. The molecule has 5 rings (SSSR count). The Morgan fingerprint density at radius 3 is 2.97 bits per heavy atom. The van der Waals surface area contributed by atoms with E-state index < -0.39 is 29.2 Å². The van der Waals surface area contributed by atoms with E-state index in [9.17, 15) is 19.5 Å². The number of carbonyl (C=O) groups is 3. The van der Waals surface area contributed by atoms with Crippen LogP contribution in [-0.4, -0.2) is 57.7 Å². The van der Waals surface area contributed by atoms with Crippen LogP contribution in [0, 0.1) is 0 Å². The number of β-lactam (4-membered cyclic amide) rings is 1. The first-order chi connectivity index (χ1) is 16.9. The Balaban J connectivity index is 1.38. The summed E-state index contributed by atoms with van der Waals surface area (Å²) in [6.45, 7) is 0.187.